The van der Waals surface area contributed by atoms with Gasteiger partial charge >= 0.3 is 5.97 Å². The van der Waals surface area contributed by atoms with E-state index in [0.717, 1.165) is 16.7 Å². The number of nitrogens with zero attached hydrogens (tertiary/aromatic N) is 1. The number of likely N-dealkylation sites (tertiary alicyclic amines) is 1. The Bertz CT molecular complexity index is 670. The minimum atomic E-state index is -0.241. The molecule has 3 rings (SSSR count). The van der Waals surface area contributed by atoms with Crippen molar-refractivity contribution in [1.29, 1.82) is 0 Å². The van der Waals surface area contributed by atoms with E-state index in [0.29, 0.717) is 12.2 Å². The molecule has 0 aliphatic carbocycles. The summed E-state index contributed by atoms with van der Waals surface area (Å²) in [7, 11) is 2.19. The number of hydrogen-bond acceptors (Lipinski definition) is 4. The fourth-order valence-corrected chi connectivity index (χ4v) is 3.33. The molecule has 0 saturated carbocycles. The fourth-order valence-electron chi connectivity index (χ4n) is 2.95. The lowest BCUT2D eigenvalue weighted by molar-refractivity contribution is 0.0530. The summed E-state index contributed by atoms with van der Waals surface area (Å²) in [5, 5.41) is 0.835. The van der Waals surface area contributed by atoms with Crippen LogP contribution in [0.1, 0.15) is 34.7 Å². The number of carbonyl (C=O) groups is 1. The SMILES string of the molecule is CN1CCC(c2ccc(Cl)cc2)CC1.CSCCOC(=O)c1ccccc1. The molecular formula is C22H28ClNO2S. The van der Waals surface area contributed by atoms with Crippen molar-refractivity contribution in [3.8, 4) is 0 Å². The molecule has 27 heavy (non-hydrogen) atoms. The van der Waals surface area contributed by atoms with Crippen molar-refractivity contribution >= 4 is 29.3 Å². The van der Waals surface area contributed by atoms with Gasteiger partial charge in [0.2, 0.25) is 0 Å². The summed E-state index contributed by atoms with van der Waals surface area (Å²) >= 11 is 7.53. The number of rotatable bonds is 5. The van der Waals surface area contributed by atoms with Gasteiger partial charge < -0.3 is 9.64 Å². The number of esters is 1. The van der Waals surface area contributed by atoms with Crippen LogP contribution in [0.15, 0.2) is 54.6 Å². The van der Waals surface area contributed by atoms with Crippen molar-refractivity contribution < 1.29 is 9.53 Å². The normalized spacial score (nSPS) is 14.9. The number of halogens is 1. The van der Waals surface area contributed by atoms with Gasteiger partial charge in [-0.25, -0.2) is 4.79 Å². The fraction of sp³-hybridized carbons (Fsp3) is 0.409. The van der Waals surface area contributed by atoms with Crippen molar-refractivity contribution in [3.63, 3.8) is 0 Å². The zero-order valence-electron chi connectivity index (χ0n) is 16.1. The molecule has 0 unspecified atom stereocenters. The molecule has 0 bridgehead atoms. The summed E-state index contributed by atoms with van der Waals surface area (Å²) in [4.78, 5) is 13.7. The number of hydrogen-bond donors (Lipinski definition) is 0. The van der Waals surface area contributed by atoms with Crippen LogP contribution >= 0.6 is 23.4 Å². The van der Waals surface area contributed by atoms with E-state index in [2.05, 4.69) is 24.1 Å². The molecule has 0 radical (unpaired) electrons. The van der Waals surface area contributed by atoms with Gasteiger partial charge in [-0.15, -0.1) is 0 Å². The Hall–Kier alpha value is -1.49. The molecule has 1 fully saturated rings. The number of piperidine rings is 1. The molecule has 1 aliphatic heterocycles. The van der Waals surface area contributed by atoms with E-state index in [1.54, 1.807) is 23.9 Å². The highest BCUT2D eigenvalue weighted by Gasteiger charge is 2.17. The van der Waals surface area contributed by atoms with Crippen LogP contribution in [0.2, 0.25) is 5.02 Å². The van der Waals surface area contributed by atoms with Gasteiger partial charge in [-0.3, -0.25) is 0 Å². The van der Waals surface area contributed by atoms with Gasteiger partial charge in [0.1, 0.15) is 6.61 Å². The van der Waals surface area contributed by atoms with Gasteiger partial charge in [0.05, 0.1) is 5.56 Å². The topological polar surface area (TPSA) is 29.5 Å². The van der Waals surface area contributed by atoms with Crippen LogP contribution in [0.25, 0.3) is 0 Å². The van der Waals surface area contributed by atoms with E-state index in [1.165, 1.54) is 31.5 Å². The third kappa shape index (κ3) is 7.96. The van der Waals surface area contributed by atoms with Crippen LogP contribution in [0.4, 0.5) is 0 Å². The van der Waals surface area contributed by atoms with E-state index in [1.807, 2.05) is 36.6 Å². The predicted octanol–water partition coefficient (Wildman–Crippen LogP) is 5.36. The van der Waals surface area contributed by atoms with Gasteiger partial charge in [0.15, 0.2) is 0 Å². The molecule has 146 valence electrons. The first-order valence-electron chi connectivity index (χ1n) is 9.25. The highest BCUT2D eigenvalue weighted by Crippen LogP contribution is 2.28. The Morgan fingerprint density at radius 3 is 2.33 bits per heavy atom. The van der Waals surface area contributed by atoms with Crippen LogP contribution in [0.3, 0.4) is 0 Å². The maximum absolute atomic E-state index is 11.3. The third-order valence-electron chi connectivity index (χ3n) is 4.59. The van der Waals surface area contributed by atoms with Crippen LogP contribution in [0.5, 0.6) is 0 Å². The smallest absolute Gasteiger partial charge is 0.338 e. The van der Waals surface area contributed by atoms with E-state index in [9.17, 15) is 4.79 Å². The molecule has 3 nitrogen and oxygen atoms in total. The lowest BCUT2D eigenvalue weighted by Crippen LogP contribution is -2.29. The first kappa shape index (κ1) is 21.8. The van der Waals surface area contributed by atoms with Gasteiger partial charge in [-0.2, -0.15) is 11.8 Å². The molecule has 0 N–H and O–H groups in total. The molecule has 1 heterocycles. The summed E-state index contributed by atoms with van der Waals surface area (Å²) < 4.78 is 5.01. The summed E-state index contributed by atoms with van der Waals surface area (Å²) in [5.74, 6) is 1.34. The van der Waals surface area contributed by atoms with Crippen LogP contribution in [-0.2, 0) is 4.74 Å². The molecular weight excluding hydrogens is 378 g/mol. The predicted molar refractivity (Wildman–Crippen MR) is 116 cm³/mol. The van der Waals surface area contributed by atoms with Crippen molar-refractivity contribution in [2.45, 2.75) is 18.8 Å². The van der Waals surface area contributed by atoms with E-state index in [-0.39, 0.29) is 5.97 Å². The van der Waals surface area contributed by atoms with Crippen molar-refractivity contribution in [3.05, 3.63) is 70.7 Å². The molecule has 5 heteroatoms. The molecule has 0 spiro atoms. The monoisotopic (exact) mass is 405 g/mol. The van der Waals surface area contributed by atoms with E-state index >= 15 is 0 Å². The third-order valence-corrected chi connectivity index (χ3v) is 5.42. The molecule has 1 aliphatic rings. The largest absolute Gasteiger partial charge is 0.461 e. The summed E-state index contributed by atoms with van der Waals surface area (Å²) in [5.41, 5.74) is 2.06. The van der Waals surface area contributed by atoms with Crippen molar-refractivity contribution in [1.82, 2.24) is 4.90 Å². The van der Waals surface area contributed by atoms with E-state index in [4.69, 9.17) is 16.3 Å². The number of thioether (sulfide) groups is 1. The molecule has 0 atom stereocenters. The van der Waals surface area contributed by atoms with Gasteiger partial charge in [-0.05, 0) is 75.0 Å². The number of benzene rings is 2. The highest BCUT2D eigenvalue weighted by molar-refractivity contribution is 7.98. The lowest BCUT2D eigenvalue weighted by atomic mass is 9.90. The Morgan fingerprint density at radius 2 is 1.74 bits per heavy atom. The Labute approximate surface area is 172 Å². The second-order valence-corrected chi connectivity index (χ2v) is 8.05. The number of carbonyl (C=O) groups excluding carboxylic acids is 1. The van der Waals surface area contributed by atoms with Crippen LogP contribution in [0, 0.1) is 0 Å². The second kappa shape index (κ2) is 12.1. The second-order valence-electron chi connectivity index (χ2n) is 6.62. The van der Waals surface area contributed by atoms with Crippen LogP contribution < -0.4 is 0 Å². The zero-order chi connectivity index (χ0) is 19.5. The summed E-state index contributed by atoms with van der Waals surface area (Å²) in [6.45, 7) is 2.91. The first-order valence-corrected chi connectivity index (χ1v) is 11.0. The maximum atomic E-state index is 11.3. The number of ether oxygens (including phenoxy) is 1. The van der Waals surface area contributed by atoms with Crippen molar-refractivity contribution in [2.75, 3.05) is 38.8 Å². The summed E-state index contributed by atoms with van der Waals surface area (Å²) in [6, 6.07) is 17.3. The van der Waals surface area contributed by atoms with Crippen LogP contribution in [-0.4, -0.2) is 49.6 Å². The molecule has 2 aromatic rings. The standard InChI is InChI=1S/C12H16ClN.C10H12O2S/c1-14-8-6-11(7-9-14)10-2-4-12(13)5-3-10;1-13-8-7-12-10(11)9-5-3-2-4-6-9/h2-5,11H,6-9H2,1H3;2-6H,7-8H2,1H3. The summed E-state index contributed by atoms with van der Waals surface area (Å²) in [6.07, 6.45) is 4.53. The van der Waals surface area contributed by atoms with E-state index < -0.39 is 0 Å². The highest BCUT2D eigenvalue weighted by atomic mass is 35.5. The quantitative estimate of drug-likeness (QED) is 0.495. The Morgan fingerprint density at radius 1 is 1.11 bits per heavy atom. The zero-order valence-corrected chi connectivity index (χ0v) is 17.6. The Kier molecular flexibility index (Phi) is 9.74. The van der Waals surface area contributed by atoms with Gasteiger partial charge in [0.25, 0.3) is 0 Å². The van der Waals surface area contributed by atoms with Gasteiger partial charge in [0, 0.05) is 10.8 Å². The average Bonchev–Trinajstić information content (AvgIpc) is 2.71. The minimum absolute atomic E-state index is 0.241. The minimum Gasteiger partial charge on any atom is -0.461 e. The maximum Gasteiger partial charge on any atom is 0.338 e. The average molecular weight is 406 g/mol. The van der Waals surface area contributed by atoms with Gasteiger partial charge in [-0.1, -0.05) is 41.9 Å². The Balaban J connectivity index is 0.000000194. The molecule has 1 saturated heterocycles. The molecule has 2 aromatic carbocycles. The first-order chi connectivity index (χ1) is 13.1. The molecule has 0 amide bonds. The lowest BCUT2D eigenvalue weighted by Gasteiger charge is -2.29. The molecule has 0 aromatic heterocycles. The van der Waals surface area contributed by atoms with Crippen molar-refractivity contribution in [2.24, 2.45) is 0 Å².